The van der Waals surface area contributed by atoms with Gasteiger partial charge in [-0.2, -0.15) is 0 Å². The standard InChI is InChI=1S/C13H20N2O3S/c1-4-10-15(19(3,17)18)13(16)14(2)11-12-8-6-5-7-9-12/h5-9H,4,10-11H2,1-3H3. The lowest BCUT2D eigenvalue weighted by atomic mass is 10.2. The van der Waals surface area contributed by atoms with Gasteiger partial charge in [0.1, 0.15) is 0 Å². The molecular weight excluding hydrogens is 264 g/mol. The monoisotopic (exact) mass is 284 g/mol. The van der Waals surface area contributed by atoms with Gasteiger partial charge in [0.05, 0.1) is 6.26 Å². The number of carbonyl (C=O) groups excluding carboxylic acids is 1. The van der Waals surface area contributed by atoms with Crippen LogP contribution in [0.15, 0.2) is 30.3 Å². The molecule has 0 saturated carbocycles. The zero-order valence-corrected chi connectivity index (χ0v) is 12.4. The summed E-state index contributed by atoms with van der Waals surface area (Å²) in [5.74, 6) is 0. The van der Waals surface area contributed by atoms with Crippen molar-refractivity contribution >= 4 is 16.1 Å². The minimum absolute atomic E-state index is 0.205. The van der Waals surface area contributed by atoms with E-state index in [-0.39, 0.29) is 6.54 Å². The average molecular weight is 284 g/mol. The maximum atomic E-state index is 12.2. The highest BCUT2D eigenvalue weighted by Gasteiger charge is 2.25. The number of sulfonamides is 1. The fourth-order valence-electron chi connectivity index (χ4n) is 1.72. The summed E-state index contributed by atoms with van der Waals surface area (Å²) in [5, 5.41) is 0. The quantitative estimate of drug-likeness (QED) is 0.830. The second kappa shape index (κ2) is 6.56. The molecule has 1 aromatic rings. The Morgan fingerprint density at radius 1 is 1.21 bits per heavy atom. The molecule has 0 aliphatic carbocycles. The van der Waals surface area contributed by atoms with Gasteiger partial charge < -0.3 is 4.90 Å². The average Bonchev–Trinajstić information content (AvgIpc) is 2.35. The van der Waals surface area contributed by atoms with Crippen molar-refractivity contribution in [3.8, 4) is 0 Å². The second-order valence-electron chi connectivity index (χ2n) is 4.46. The fraction of sp³-hybridized carbons (Fsp3) is 0.462. The normalized spacial score (nSPS) is 11.1. The molecule has 1 aromatic carbocycles. The van der Waals surface area contributed by atoms with E-state index in [4.69, 9.17) is 0 Å². The minimum atomic E-state index is -3.52. The maximum Gasteiger partial charge on any atom is 0.333 e. The fourth-order valence-corrected chi connectivity index (χ4v) is 2.66. The van der Waals surface area contributed by atoms with Crippen LogP contribution >= 0.6 is 0 Å². The van der Waals surface area contributed by atoms with Crippen molar-refractivity contribution in [1.82, 2.24) is 9.21 Å². The lowest BCUT2D eigenvalue weighted by Gasteiger charge is -2.26. The van der Waals surface area contributed by atoms with Gasteiger partial charge in [-0.3, -0.25) is 0 Å². The van der Waals surface area contributed by atoms with E-state index in [0.717, 1.165) is 16.1 Å². The Bertz CT molecular complexity index is 514. The van der Waals surface area contributed by atoms with E-state index in [2.05, 4.69) is 0 Å². The molecule has 0 saturated heterocycles. The van der Waals surface area contributed by atoms with Crippen LogP contribution in [0.2, 0.25) is 0 Å². The molecule has 1 rings (SSSR count). The summed E-state index contributed by atoms with van der Waals surface area (Å²) in [6.07, 6.45) is 1.65. The Balaban J connectivity index is 2.80. The minimum Gasteiger partial charge on any atom is -0.323 e. The first-order valence-electron chi connectivity index (χ1n) is 6.13. The van der Waals surface area contributed by atoms with Gasteiger partial charge in [-0.15, -0.1) is 0 Å². The lowest BCUT2D eigenvalue weighted by molar-refractivity contribution is 0.186. The largest absolute Gasteiger partial charge is 0.333 e. The highest BCUT2D eigenvalue weighted by atomic mass is 32.2. The third-order valence-electron chi connectivity index (χ3n) is 2.63. The third-order valence-corrected chi connectivity index (χ3v) is 3.77. The van der Waals surface area contributed by atoms with Gasteiger partial charge in [0, 0.05) is 20.1 Å². The Morgan fingerprint density at radius 2 is 1.79 bits per heavy atom. The van der Waals surface area contributed by atoms with E-state index < -0.39 is 16.1 Å². The van der Waals surface area contributed by atoms with Crippen molar-refractivity contribution in [2.75, 3.05) is 19.8 Å². The van der Waals surface area contributed by atoms with Crippen molar-refractivity contribution in [3.63, 3.8) is 0 Å². The van der Waals surface area contributed by atoms with Gasteiger partial charge in [-0.05, 0) is 12.0 Å². The van der Waals surface area contributed by atoms with Crippen LogP contribution < -0.4 is 0 Å². The molecule has 0 N–H and O–H groups in total. The first-order chi connectivity index (χ1) is 8.86. The zero-order chi connectivity index (χ0) is 14.5. The predicted octanol–water partition coefficient (Wildman–Crippen LogP) is 1.91. The SMILES string of the molecule is CCCN(C(=O)N(C)Cc1ccccc1)S(C)(=O)=O. The zero-order valence-electron chi connectivity index (χ0n) is 11.5. The second-order valence-corrected chi connectivity index (χ2v) is 6.37. The topological polar surface area (TPSA) is 57.7 Å². The molecule has 0 fully saturated rings. The molecule has 19 heavy (non-hydrogen) atoms. The van der Waals surface area contributed by atoms with Gasteiger partial charge in [0.15, 0.2) is 0 Å². The summed E-state index contributed by atoms with van der Waals surface area (Å²) < 4.78 is 24.1. The van der Waals surface area contributed by atoms with Crippen molar-refractivity contribution < 1.29 is 13.2 Å². The Kier molecular flexibility index (Phi) is 5.35. The van der Waals surface area contributed by atoms with Crippen LogP contribution in [-0.2, 0) is 16.6 Å². The Labute approximate surface area is 114 Å². The van der Waals surface area contributed by atoms with E-state index in [1.807, 2.05) is 37.3 Å². The molecule has 0 aromatic heterocycles. The number of urea groups is 1. The highest BCUT2D eigenvalue weighted by molar-refractivity contribution is 7.88. The van der Waals surface area contributed by atoms with Gasteiger partial charge in [0.25, 0.3) is 0 Å². The van der Waals surface area contributed by atoms with E-state index in [0.29, 0.717) is 13.0 Å². The van der Waals surface area contributed by atoms with Crippen LogP contribution in [0.3, 0.4) is 0 Å². The van der Waals surface area contributed by atoms with Crippen molar-refractivity contribution in [2.45, 2.75) is 19.9 Å². The van der Waals surface area contributed by atoms with Crippen LogP contribution in [0.25, 0.3) is 0 Å². The molecule has 5 nitrogen and oxygen atoms in total. The molecule has 6 heteroatoms. The number of hydrogen-bond donors (Lipinski definition) is 0. The van der Waals surface area contributed by atoms with E-state index in [9.17, 15) is 13.2 Å². The summed E-state index contributed by atoms with van der Waals surface area (Å²) in [6.45, 7) is 2.43. The summed E-state index contributed by atoms with van der Waals surface area (Å²) in [7, 11) is -1.92. The molecule has 0 unspecified atom stereocenters. The summed E-state index contributed by atoms with van der Waals surface area (Å²) in [6, 6.07) is 8.96. The number of benzene rings is 1. The smallest absolute Gasteiger partial charge is 0.323 e. The number of hydrogen-bond acceptors (Lipinski definition) is 3. The van der Waals surface area contributed by atoms with Crippen molar-refractivity contribution in [2.24, 2.45) is 0 Å². The van der Waals surface area contributed by atoms with Crippen LogP contribution in [-0.4, -0.2) is 43.5 Å². The maximum absolute atomic E-state index is 12.2. The van der Waals surface area contributed by atoms with E-state index >= 15 is 0 Å². The number of nitrogens with zero attached hydrogens (tertiary/aromatic N) is 2. The number of carbonyl (C=O) groups is 1. The molecule has 106 valence electrons. The molecule has 0 atom stereocenters. The van der Waals surface area contributed by atoms with Gasteiger partial charge in [-0.1, -0.05) is 37.3 Å². The van der Waals surface area contributed by atoms with Crippen LogP contribution in [0.5, 0.6) is 0 Å². The van der Waals surface area contributed by atoms with Crippen LogP contribution in [0.4, 0.5) is 4.79 Å². The van der Waals surface area contributed by atoms with E-state index in [1.54, 1.807) is 7.05 Å². The first-order valence-corrected chi connectivity index (χ1v) is 7.97. The molecule has 2 amide bonds. The Hall–Kier alpha value is -1.56. The van der Waals surface area contributed by atoms with Gasteiger partial charge >= 0.3 is 6.03 Å². The van der Waals surface area contributed by atoms with Crippen LogP contribution in [0, 0.1) is 0 Å². The summed E-state index contributed by atoms with van der Waals surface area (Å²) >= 11 is 0. The van der Waals surface area contributed by atoms with E-state index in [1.165, 1.54) is 4.90 Å². The third kappa shape index (κ3) is 4.55. The molecule has 0 aliphatic heterocycles. The highest BCUT2D eigenvalue weighted by Crippen LogP contribution is 2.09. The molecular formula is C13H20N2O3S. The molecule has 0 spiro atoms. The summed E-state index contributed by atoms with van der Waals surface area (Å²) in [4.78, 5) is 13.6. The van der Waals surface area contributed by atoms with Crippen LogP contribution in [0.1, 0.15) is 18.9 Å². The molecule has 0 aliphatic rings. The van der Waals surface area contributed by atoms with Gasteiger partial charge in [-0.25, -0.2) is 17.5 Å². The molecule has 0 radical (unpaired) electrons. The van der Waals surface area contributed by atoms with Crippen molar-refractivity contribution in [1.29, 1.82) is 0 Å². The molecule has 0 bridgehead atoms. The van der Waals surface area contributed by atoms with Crippen molar-refractivity contribution in [3.05, 3.63) is 35.9 Å². The lowest BCUT2D eigenvalue weighted by Crippen LogP contribution is -2.44. The predicted molar refractivity (Wildman–Crippen MR) is 75.1 cm³/mol. The number of rotatable bonds is 5. The van der Waals surface area contributed by atoms with Gasteiger partial charge in [0.2, 0.25) is 10.0 Å². The Morgan fingerprint density at radius 3 is 2.26 bits per heavy atom. The summed E-state index contributed by atoms with van der Waals surface area (Å²) in [5.41, 5.74) is 0.961. The first kappa shape index (κ1) is 15.5. The molecule has 0 heterocycles. The number of amides is 2.